The molecule has 1 fully saturated rings. The van der Waals surface area contributed by atoms with Crippen LogP contribution in [-0.4, -0.2) is 30.2 Å². The minimum absolute atomic E-state index is 0.304. The average molecular weight is 252 g/mol. The van der Waals surface area contributed by atoms with Crippen molar-refractivity contribution < 1.29 is 9.15 Å². The van der Waals surface area contributed by atoms with Gasteiger partial charge in [0.15, 0.2) is 0 Å². The van der Waals surface area contributed by atoms with Crippen molar-refractivity contribution in [1.29, 1.82) is 0 Å². The van der Waals surface area contributed by atoms with Gasteiger partial charge in [0, 0.05) is 24.7 Å². The van der Waals surface area contributed by atoms with Gasteiger partial charge in [0.2, 0.25) is 0 Å². The molecule has 1 aliphatic heterocycles. The van der Waals surface area contributed by atoms with E-state index in [0.29, 0.717) is 18.7 Å². The van der Waals surface area contributed by atoms with E-state index in [1.54, 1.807) is 0 Å². The second kappa shape index (κ2) is 5.87. The van der Waals surface area contributed by atoms with E-state index >= 15 is 0 Å². The summed E-state index contributed by atoms with van der Waals surface area (Å²) in [4.78, 5) is 2.45. The Labute approximate surface area is 109 Å². The largest absolute Gasteiger partial charge is 0.465 e. The molecular formula is C14H24N2O2. The third kappa shape index (κ3) is 2.94. The molecule has 0 bridgehead atoms. The zero-order valence-corrected chi connectivity index (χ0v) is 11.6. The lowest BCUT2D eigenvalue weighted by molar-refractivity contribution is -0.0611. The van der Waals surface area contributed by atoms with Gasteiger partial charge in [0.25, 0.3) is 0 Å². The lowest BCUT2D eigenvalue weighted by Gasteiger charge is -2.37. The summed E-state index contributed by atoms with van der Waals surface area (Å²) in [6.07, 6.45) is 1.41. The number of morpholine rings is 1. The van der Waals surface area contributed by atoms with E-state index in [1.807, 2.05) is 6.92 Å². The molecule has 1 aromatic rings. The highest BCUT2D eigenvalue weighted by Crippen LogP contribution is 2.20. The molecule has 0 spiro atoms. The fraction of sp³-hybridized carbons (Fsp3) is 0.714. The molecule has 0 aliphatic carbocycles. The van der Waals surface area contributed by atoms with Crippen molar-refractivity contribution >= 4 is 0 Å². The SMILES string of the molecule is CCC1COC(C)CN1Cc1cc(CN)c(C)o1. The fourth-order valence-corrected chi connectivity index (χ4v) is 2.55. The minimum atomic E-state index is 0.304. The molecular weight excluding hydrogens is 228 g/mol. The van der Waals surface area contributed by atoms with Crippen LogP contribution in [0.15, 0.2) is 10.5 Å². The number of hydrogen-bond donors (Lipinski definition) is 1. The quantitative estimate of drug-likeness (QED) is 0.891. The van der Waals surface area contributed by atoms with Gasteiger partial charge in [-0.1, -0.05) is 6.92 Å². The number of hydrogen-bond acceptors (Lipinski definition) is 4. The maximum atomic E-state index is 5.77. The molecule has 0 radical (unpaired) electrons. The van der Waals surface area contributed by atoms with Crippen molar-refractivity contribution in [2.24, 2.45) is 5.73 Å². The van der Waals surface area contributed by atoms with Crippen LogP contribution in [-0.2, 0) is 17.8 Å². The summed E-state index contributed by atoms with van der Waals surface area (Å²) in [5, 5.41) is 0. The standard InChI is InChI=1S/C14H24N2O2/c1-4-13-9-17-10(2)7-16(13)8-14-5-12(6-15)11(3)18-14/h5,10,13H,4,6-9,15H2,1-3H3. The Hall–Kier alpha value is -0.840. The van der Waals surface area contributed by atoms with Crippen molar-refractivity contribution in [1.82, 2.24) is 4.90 Å². The Kier molecular flexibility index (Phi) is 4.43. The Morgan fingerprint density at radius 3 is 2.89 bits per heavy atom. The highest BCUT2D eigenvalue weighted by atomic mass is 16.5. The van der Waals surface area contributed by atoms with Crippen LogP contribution in [0.4, 0.5) is 0 Å². The van der Waals surface area contributed by atoms with Gasteiger partial charge in [0.1, 0.15) is 11.5 Å². The number of ether oxygens (including phenoxy) is 1. The Morgan fingerprint density at radius 1 is 1.50 bits per heavy atom. The molecule has 4 heteroatoms. The number of nitrogens with two attached hydrogens (primary N) is 1. The Bertz CT molecular complexity index is 389. The van der Waals surface area contributed by atoms with Gasteiger partial charge in [-0.05, 0) is 26.3 Å². The van der Waals surface area contributed by atoms with Crippen LogP contribution < -0.4 is 5.73 Å². The van der Waals surface area contributed by atoms with Gasteiger partial charge in [-0.2, -0.15) is 0 Å². The normalized spacial score (nSPS) is 25.6. The summed E-state index contributed by atoms with van der Waals surface area (Å²) in [5.74, 6) is 1.96. The van der Waals surface area contributed by atoms with Crippen molar-refractivity contribution in [3.05, 3.63) is 23.2 Å². The van der Waals surface area contributed by atoms with Crippen LogP contribution in [0.2, 0.25) is 0 Å². The number of rotatable bonds is 4. The third-order valence-electron chi connectivity index (χ3n) is 3.70. The van der Waals surface area contributed by atoms with Crippen molar-refractivity contribution in [2.75, 3.05) is 13.2 Å². The maximum Gasteiger partial charge on any atom is 0.118 e. The summed E-state index contributed by atoms with van der Waals surface area (Å²) in [6, 6.07) is 2.58. The molecule has 2 atom stereocenters. The molecule has 1 saturated heterocycles. The average Bonchev–Trinajstić information content (AvgIpc) is 2.70. The molecule has 0 amide bonds. The first-order chi connectivity index (χ1) is 8.63. The van der Waals surface area contributed by atoms with Gasteiger partial charge >= 0.3 is 0 Å². The van der Waals surface area contributed by atoms with Crippen LogP contribution in [0.25, 0.3) is 0 Å². The van der Waals surface area contributed by atoms with Crippen LogP contribution in [0.3, 0.4) is 0 Å². The maximum absolute atomic E-state index is 5.77. The molecule has 4 nitrogen and oxygen atoms in total. The summed E-state index contributed by atoms with van der Waals surface area (Å²) < 4.78 is 11.5. The first kappa shape index (κ1) is 13.6. The highest BCUT2D eigenvalue weighted by molar-refractivity contribution is 5.20. The van der Waals surface area contributed by atoms with Gasteiger partial charge in [0.05, 0.1) is 19.3 Å². The predicted molar refractivity (Wildman–Crippen MR) is 71.2 cm³/mol. The smallest absolute Gasteiger partial charge is 0.118 e. The predicted octanol–water partition coefficient (Wildman–Crippen LogP) is 2.05. The van der Waals surface area contributed by atoms with Crippen LogP contribution in [0.5, 0.6) is 0 Å². The molecule has 18 heavy (non-hydrogen) atoms. The number of nitrogens with zero attached hydrogens (tertiary/aromatic N) is 1. The fourth-order valence-electron chi connectivity index (χ4n) is 2.55. The van der Waals surface area contributed by atoms with E-state index in [2.05, 4.69) is 24.8 Å². The van der Waals surface area contributed by atoms with Crippen molar-refractivity contribution in [3.8, 4) is 0 Å². The molecule has 0 aromatic carbocycles. The monoisotopic (exact) mass is 252 g/mol. The van der Waals surface area contributed by atoms with Gasteiger partial charge < -0.3 is 14.9 Å². The van der Waals surface area contributed by atoms with Crippen LogP contribution >= 0.6 is 0 Å². The van der Waals surface area contributed by atoms with E-state index in [9.17, 15) is 0 Å². The van der Waals surface area contributed by atoms with E-state index in [0.717, 1.165) is 43.2 Å². The molecule has 2 unspecified atom stereocenters. The van der Waals surface area contributed by atoms with Crippen molar-refractivity contribution in [2.45, 2.75) is 52.4 Å². The molecule has 102 valence electrons. The lowest BCUT2D eigenvalue weighted by Crippen LogP contribution is -2.47. The second-order valence-electron chi connectivity index (χ2n) is 5.13. The second-order valence-corrected chi connectivity index (χ2v) is 5.13. The zero-order valence-electron chi connectivity index (χ0n) is 11.6. The molecule has 2 N–H and O–H groups in total. The van der Waals surface area contributed by atoms with Gasteiger partial charge in [-0.15, -0.1) is 0 Å². The molecule has 0 saturated carbocycles. The molecule has 2 heterocycles. The van der Waals surface area contributed by atoms with Gasteiger partial charge in [-0.25, -0.2) is 0 Å². The van der Waals surface area contributed by atoms with Crippen molar-refractivity contribution in [3.63, 3.8) is 0 Å². The first-order valence-corrected chi connectivity index (χ1v) is 6.78. The molecule has 2 rings (SSSR count). The molecule has 1 aliphatic rings. The zero-order chi connectivity index (χ0) is 13.1. The van der Waals surface area contributed by atoms with E-state index < -0.39 is 0 Å². The summed E-state index contributed by atoms with van der Waals surface area (Å²) >= 11 is 0. The Balaban J connectivity index is 2.05. The van der Waals surface area contributed by atoms with E-state index in [4.69, 9.17) is 14.9 Å². The van der Waals surface area contributed by atoms with Gasteiger partial charge in [-0.3, -0.25) is 4.90 Å². The summed E-state index contributed by atoms with van der Waals surface area (Å²) in [6.45, 7) is 9.49. The Morgan fingerprint density at radius 2 is 2.28 bits per heavy atom. The van der Waals surface area contributed by atoms with E-state index in [-0.39, 0.29) is 0 Å². The van der Waals surface area contributed by atoms with Crippen LogP contribution in [0, 0.1) is 6.92 Å². The molecule has 1 aromatic heterocycles. The topological polar surface area (TPSA) is 51.6 Å². The lowest BCUT2D eigenvalue weighted by atomic mass is 10.1. The third-order valence-corrected chi connectivity index (χ3v) is 3.70. The minimum Gasteiger partial charge on any atom is -0.465 e. The summed E-state index contributed by atoms with van der Waals surface area (Å²) in [7, 11) is 0. The number of aryl methyl sites for hydroxylation is 1. The van der Waals surface area contributed by atoms with Crippen LogP contribution in [0.1, 0.15) is 37.4 Å². The van der Waals surface area contributed by atoms with E-state index in [1.165, 1.54) is 0 Å². The first-order valence-electron chi connectivity index (χ1n) is 6.78. The number of furan rings is 1. The highest BCUT2D eigenvalue weighted by Gasteiger charge is 2.26. The summed E-state index contributed by atoms with van der Waals surface area (Å²) in [5.41, 5.74) is 6.79.